The average molecular weight is 413 g/mol. The number of nitrogens with zero attached hydrogens (tertiary/aromatic N) is 3. The number of hydrogen-bond donors (Lipinski definition) is 1. The number of thioether (sulfide) groups is 1. The molecule has 2 amide bonds. The van der Waals surface area contributed by atoms with Crippen LogP contribution in [0.2, 0.25) is 0 Å². The van der Waals surface area contributed by atoms with Crippen LogP contribution in [0.1, 0.15) is 49.3 Å². The number of imide groups is 1. The highest BCUT2D eigenvalue weighted by Gasteiger charge is 2.64. The van der Waals surface area contributed by atoms with Crippen LogP contribution >= 0.6 is 11.8 Å². The molecule has 2 saturated carbocycles. The Hall–Kier alpha value is -2.41. The van der Waals surface area contributed by atoms with E-state index in [-0.39, 0.29) is 25.3 Å². The topological polar surface area (TPSA) is 75.2 Å². The number of rotatable bonds is 4. The van der Waals surface area contributed by atoms with E-state index in [1.807, 2.05) is 44.6 Å². The number of aromatic nitrogens is 2. The SMILES string of the molecule is CC.CSc1cnc(N[C@@H]2C[C@@H](N3C(=O)c4ccccc4C3=O)C3C(C)C32)nc1.[HH]. The minimum Gasteiger partial charge on any atom is -0.351 e. The number of amides is 2. The summed E-state index contributed by atoms with van der Waals surface area (Å²) >= 11 is 1.61. The normalized spacial score (nSPS) is 29.1. The van der Waals surface area contributed by atoms with Gasteiger partial charge in [0.05, 0.1) is 11.1 Å². The molecule has 3 aliphatic rings. The molecule has 1 aromatic carbocycles. The largest absolute Gasteiger partial charge is 0.351 e. The first-order chi connectivity index (χ1) is 14.1. The predicted octanol–water partition coefficient (Wildman–Crippen LogP) is 4.20. The highest BCUT2D eigenvalue weighted by Crippen LogP contribution is 2.59. The van der Waals surface area contributed by atoms with Gasteiger partial charge in [0.2, 0.25) is 5.95 Å². The fourth-order valence-corrected chi connectivity index (χ4v) is 5.26. The van der Waals surface area contributed by atoms with Gasteiger partial charge >= 0.3 is 0 Å². The van der Waals surface area contributed by atoms with Crippen LogP contribution in [0.5, 0.6) is 0 Å². The van der Waals surface area contributed by atoms with Gasteiger partial charge in [0.25, 0.3) is 11.8 Å². The average Bonchev–Trinajstić information content (AvgIpc) is 3.17. The Labute approximate surface area is 177 Å². The summed E-state index contributed by atoms with van der Waals surface area (Å²) in [6.07, 6.45) is 6.36. The summed E-state index contributed by atoms with van der Waals surface area (Å²) < 4.78 is 0. The lowest BCUT2D eigenvalue weighted by Crippen LogP contribution is -2.42. The standard InChI is InChI=1S/C20H20N4O2S.C2H6.H2/c1-10-16-14(23-20-21-8-11(27-2)9-22-20)7-15(17(10)16)24-18(25)12-5-3-4-6-13(12)19(24)26;1-2;/h3-6,8-10,14-17H,7H2,1-2H3,(H,21,22,23);1-2H3;1H/t10?,14-,15-,16?,17?;;/m1../s1. The molecule has 2 heterocycles. The van der Waals surface area contributed by atoms with E-state index < -0.39 is 0 Å². The maximum absolute atomic E-state index is 12.9. The molecule has 0 spiro atoms. The number of anilines is 1. The highest BCUT2D eigenvalue weighted by molar-refractivity contribution is 7.98. The number of benzene rings is 1. The molecule has 29 heavy (non-hydrogen) atoms. The maximum atomic E-state index is 12.9. The summed E-state index contributed by atoms with van der Waals surface area (Å²) in [5.41, 5.74) is 1.06. The van der Waals surface area contributed by atoms with E-state index in [4.69, 9.17) is 0 Å². The van der Waals surface area contributed by atoms with Crippen molar-refractivity contribution in [1.29, 1.82) is 0 Å². The van der Waals surface area contributed by atoms with Crippen LogP contribution in [-0.2, 0) is 0 Å². The summed E-state index contributed by atoms with van der Waals surface area (Å²) in [5, 5.41) is 3.44. The van der Waals surface area contributed by atoms with E-state index in [9.17, 15) is 9.59 Å². The number of carbonyl (C=O) groups excluding carboxylic acids is 2. The fraction of sp³-hybridized carbons (Fsp3) is 0.455. The third-order valence-electron chi connectivity index (χ3n) is 6.26. The van der Waals surface area contributed by atoms with Crippen LogP contribution in [0, 0.1) is 17.8 Å². The van der Waals surface area contributed by atoms with Gasteiger partial charge in [0.15, 0.2) is 0 Å². The summed E-state index contributed by atoms with van der Waals surface area (Å²) in [5.74, 6) is 1.59. The summed E-state index contributed by atoms with van der Waals surface area (Å²) in [4.78, 5) is 37.0. The minimum absolute atomic E-state index is 0. The molecule has 0 saturated heterocycles. The molecule has 1 aliphatic heterocycles. The number of nitrogens with one attached hydrogen (secondary N) is 1. The molecule has 1 aromatic heterocycles. The smallest absolute Gasteiger partial charge is 0.261 e. The van der Waals surface area contributed by atoms with Gasteiger partial charge in [-0.3, -0.25) is 14.5 Å². The maximum Gasteiger partial charge on any atom is 0.261 e. The minimum atomic E-state index is -0.153. The monoisotopic (exact) mass is 412 g/mol. The zero-order valence-electron chi connectivity index (χ0n) is 17.1. The lowest BCUT2D eigenvalue weighted by atomic mass is 10.0. The molecule has 0 radical (unpaired) electrons. The van der Waals surface area contributed by atoms with Crippen molar-refractivity contribution in [3.05, 3.63) is 47.8 Å². The molecule has 2 fully saturated rings. The van der Waals surface area contributed by atoms with Crippen LogP contribution in [0.25, 0.3) is 0 Å². The molecule has 154 valence electrons. The Bertz CT molecular complexity index is 904. The molecule has 2 aromatic rings. The molecule has 2 aliphatic carbocycles. The van der Waals surface area contributed by atoms with Crippen LogP contribution in [0.4, 0.5) is 5.95 Å². The second-order valence-corrected chi connectivity index (χ2v) is 8.42. The van der Waals surface area contributed by atoms with Crippen molar-refractivity contribution in [2.24, 2.45) is 17.8 Å². The lowest BCUT2D eigenvalue weighted by molar-refractivity contribution is 0.0564. The first-order valence-corrected chi connectivity index (χ1v) is 11.4. The summed E-state index contributed by atoms with van der Waals surface area (Å²) in [6.45, 7) is 6.20. The molecule has 7 heteroatoms. The molecule has 5 rings (SSSR count). The van der Waals surface area contributed by atoms with Crippen LogP contribution in [-0.4, -0.2) is 45.0 Å². The third kappa shape index (κ3) is 3.21. The van der Waals surface area contributed by atoms with E-state index in [1.54, 1.807) is 23.9 Å². The van der Waals surface area contributed by atoms with E-state index >= 15 is 0 Å². The first kappa shape index (κ1) is 19.9. The first-order valence-electron chi connectivity index (χ1n) is 10.2. The Morgan fingerprint density at radius 3 is 2.21 bits per heavy atom. The number of hydrogen-bond acceptors (Lipinski definition) is 6. The highest BCUT2D eigenvalue weighted by atomic mass is 32.2. The lowest BCUT2D eigenvalue weighted by Gasteiger charge is -2.26. The van der Waals surface area contributed by atoms with E-state index in [0.717, 1.165) is 11.3 Å². The predicted molar refractivity (Wildman–Crippen MR) is 116 cm³/mol. The van der Waals surface area contributed by atoms with Gasteiger partial charge in [0, 0.05) is 30.8 Å². The van der Waals surface area contributed by atoms with E-state index in [2.05, 4.69) is 22.2 Å². The van der Waals surface area contributed by atoms with Crippen molar-refractivity contribution in [3.63, 3.8) is 0 Å². The van der Waals surface area contributed by atoms with Gasteiger partial charge in [-0.2, -0.15) is 0 Å². The Kier molecular flexibility index (Phi) is 5.34. The van der Waals surface area contributed by atoms with Crippen LogP contribution in [0.3, 0.4) is 0 Å². The molecule has 5 atom stereocenters. The van der Waals surface area contributed by atoms with Crippen molar-refractivity contribution in [2.45, 2.75) is 44.2 Å². The Morgan fingerprint density at radius 1 is 1.07 bits per heavy atom. The molecule has 6 nitrogen and oxygen atoms in total. The van der Waals surface area contributed by atoms with Gasteiger partial charge in [-0.05, 0) is 42.6 Å². The molecule has 3 unspecified atom stereocenters. The third-order valence-corrected chi connectivity index (χ3v) is 6.94. The number of fused-ring (bicyclic) bond motifs is 2. The van der Waals surface area contributed by atoms with Crippen molar-refractivity contribution in [3.8, 4) is 0 Å². The molecule has 1 N–H and O–H groups in total. The zero-order valence-corrected chi connectivity index (χ0v) is 17.9. The molecular formula is C22H28N4O2S. The van der Waals surface area contributed by atoms with Crippen molar-refractivity contribution < 1.29 is 11.0 Å². The molecular weight excluding hydrogens is 384 g/mol. The van der Waals surface area contributed by atoms with Crippen molar-refractivity contribution >= 4 is 29.5 Å². The zero-order chi connectivity index (χ0) is 20.7. The van der Waals surface area contributed by atoms with Gasteiger partial charge < -0.3 is 5.32 Å². The van der Waals surface area contributed by atoms with E-state index in [1.165, 1.54) is 4.90 Å². The summed E-state index contributed by atoms with van der Waals surface area (Å²) in [7, 11) is 0. The van der Waals surface area contributed by atoms with Crippen LogP contribution in [0.15, 0.2) is 41.6 Å². The van der Waals surface area contributed by atoms with Gasteiger partial charge in [-0.25, -0.2) is 9.97 Å². The Morgan fingerprint density at radius 2 is 1.66 bits per heavy atom. The Balaban J connectivity index is 0.000000830. The van der Waals surface area contributed by atoms with Crippen LogP contribution < -0.4 is 5.32 Å². The van der Waals surface area contributed by atoms with Crippen molar-refractivity contribution in [1.82, 2.24) is 14.9 Å². The summed E-state index contributed by atoms with van der Waals surface area (Å²) in [6, 6.07) is 7.24. The quantitative estimate of drug-likeness (QED) is 0.599. The molecule has 0 bridgehead atoms. The van der Waals surface area contributed by atoms with Gasteiger partial charge in [0.1, 0.15) is 0 Å². The number of carbonyl (C=O) groups is 2. The second kappa shape index (κ2) is 7.78. The van der Waals surface area contributed by atoms with Crippen molar-refractivity contribution in [2.75, 3.05) is 11.6 Å². The van der Waals surface area contributed by atoms with Gasteiger partial charge in [-0.15, -0.1) is 11.8 Å². The van der Waals surface area contributed by atoms with E-state index in [0.29, 0.717) is 34.8 Å². The fourth-order valence-electron chi connectivity index (χ4n) is 4.95. The van der Waals surface area contributed by atoms with Gasteiger partial charge in [-0.1, -0.05) is 32.9 Å². The second-order valence-electron chi connectivity index (χ2n) is 7.54.